The van der Waals surface area contributed by atoms with E-state index in [4.69, 9.17) is 10.5 Å². The monoisotopic (exact) mass is 276 g/mol. The summed E-state index contributed by atoms with van der Waals surface area (Å²) in [6, 6.07) is 8.09. The molecule has 1 saturated heterocycles. The summed E-state index contributed by atoms with van der Waals surface area (Å²) in [5, 5.41) is 0. The number of nitrogens with two attached hydrogens (primary N) is 1. The number of rotatable bonds is 4. The van der Waals surface area contributed by atoms with Crippen LogP contribution < -0.4 is 10.6 Å². The Morgan fingerprint density at radius 3 is 2.40 bits per heavy atom. The van der Waals surface area contributed by atoms with Crippen molar-refractivity contribution in [1.82, 2.24) is 0 Å². The van der Waals surface area contributed by atoms with E-state index >= 15 is 0 Å². The van der Waals surface area contributed by atoms with Gasteiger partial charge < -0.3 is 15.4 Å². The van der Waals surface area contributed by atoms with Gasteiger partial charge in [-0.25, -0.2) is 0 Å². The number of ether oxygens (including phenoxy) is 1. The molecule has 1 aliphatic rings. The SMILES string of the molecule is CC(C)N(C(=O)C1CCOCC1)c1ccc(CN)cc1. The van der Waals surface area contributed by atoms with E-state index in [9.17, 15) is 4.79 Å². The Hall–Kier alpha value is -1.39. The van der Waals surface area contributed by atoms with Crippen molar-refractivity contribution in [1.29, 1.82) is 0 Å². The molecule has 1 aromatic carbocycles. The van der Waals surface area contributed by atoms with Gasteiger partial charge in [0.25, 0.3) is 0 Å². The summed E-state index contributed by atoms with van der Waals surface area (Å²) in [6.45, 7) is 6.00. The van der Waals surface area contributed by atoms with E-state index in [1.807, 2.05) is 43.0 Å². The summed E-state index contributed by atoms with van der Waals surface area (Å²) in [5.74, 6) is 0.295. The third kappa shape index (κ3) is 3.38. The average Bonchev–Trinajstić information content (AvgIpc) is 2.48. The predicted molar refractivity (Wildman–Crippen MR) is 80.5 cm³/mol. The Morgan fingerprint density at radius 1 is 1.30 bits per heavy atom. The van der Waals surface area contributed by atoms with Crippen LogP contribution in [0.2, 0.25) is 0 Å². The maximum Gasteiger partial charge on any atom is 0.230 e. The molecule has 1 fully saturated rings. The Balaban J connectivity index is 2.18. The minimum absolute atomic E-state index is 0.0836. The van der Waals surface area contributed by atoms with Crippen LogP contribution in [-0.4, -0.2) is 25.2 Å². The molecule has 4 heteroatoms. The van der Waals surface area contributed by atoms with Crippen molar-refractivity contribution in [2.75, 3.05) is 18.1 Å². The molecule has 0 aromatic heterocycles. The summed E-state index contributed by atoms with van der Waals surface area (Å²) >= 11 is 0. The molecule has 0 aliphatic carbocycles. The first-order chi connectivity index (χ1) is 9.63. The van der Waals surface area contributed by atoms with Crippen LogP contribution in [0.5, 0.6) is 0 Å². The summed E-state index contributed by atoms with van der Waals surface area (Å²) in [5.41, 5.74) is 7.65. The fourth-order valence-corrected chi connectivity index (χ4v) is 2.61. The maximum atomic E-state index is 12.7. The molecule has 2 rings (SSSR count). The summed E-state index contributed by atoms with van der Waals surface area (Å²) in [4.78, 5) is 14.6. The number of carbonyl (C=O) groups is 1. The van der Waals surface area contributed by atoms with E-state index < -0.39 is 0 Å². The van der Waals surface area contributed by atoms with Crippen LogP contribution in [0.15, 0.2) is 24.3 Å². The second-order valence-electron chi connectivity index (χ2n) is 5.56. The number of carbonyl (C=O) groups excluding carboxylic acids is 1. The minimum atomic E-state index is 0.0836. The third-order valence-electron chi connectivity index (χ3n) is 3.77. The number of benzene rings is 1. The first-order valence-corrected chi connectivity index (χ1v) is 7.33. The smallest absolute Gasteiger partial charge is 0.230 e. The van der Waals surface area contributed by atoms with Crippen molar-refractivity contribution in [2.45, 2.75) is 39.3 Å². The molecular weight excluding hydrogens is 252 g/mol. The number of amides is 1. The van der Waals surface area contributed by atoms with Crippen molar-refractivity contribution in [3.05, 3.63) is 29.8 Å². The van der Waals surface area contributed by atoms with Gasteiger partial charge in [0.2, 0.25) is 5.91 Å². The zero-order valence-corrected chi connectivity index (χ0v) is 12.3. The summed E-state index contributed by atoms with van der Waals surface area (Å²) < 4.78 is 5.34. The molecule has 0 bridgehead atoms. The summed E-state index contributed by atoms with van der Waals surface area (Å²) in [6.07, 6.45) is 1.64. The lowest BCUT2D eigenvalue weighted by Crippen LogP contribution is -2.42. The fourth-order valence-electron chi connectivity index (χ4n) is 2.61. The lowest BCUT2D eigenvalue weighted by atomic mass is 9.97. The summed E-state index contributed by atoms with van der Waals surface area (Å²) in [7, 11) is 0. The molecule has 20 heavy (non-hydrogen) atoms. The molecule has 1 heterocycles. The van der Waals surface area contributed by atoms with Crippen molar-refractivity contribution in [2.24, 2.45) is 11.7 Å². The topological polar surface area (TPSA) is 55.6 Å². The normalized spacial score (nSPS) is 16.4. The van der Waals surface area contributed by atoms with Gasteiger partial charge in [0.05, 0.1) is 0 Å². The Kier molecular flexibility index (Phi) is 5.15. The average molecular weight is 276 g/mol. The minimum Gasteiger partial charge on any atom is -0.381 e. The third-order valence-corrected chi connectivity index (χ3v) is 3.77. The molecule has 0 atom stereocenters. The second-order valence-corrected chi connectivity index (χ2v) is 5.56. The molecule has 0 radical (unpaired) electrons. The molecule has 0 unspecified atom stereocenters. The van der Waals surface area contributed by atoms with Gasteiger partial charge in [-0.15, -0.1) is 0 Å². The van der Waals surface area contributed by atoms with Gasteiger partial charge in [-0.05, 0) is 44.4 Å². The molecule has 1 amide bonds. The van der Waals surface area contributed by atoms with E-state index in [2.05, 4.69) is 0 Å². The van der Waals surface area contributed by atoms with Crippen molar-refractivity contribution >= 4 is 11.6 Å². The standard InChI is InChI=1S/C16H24N2O2/c1-12(2)18(15-5-3-13(11-17)4-6-15)16(19)14-7-9-20-10-8-14/h3-6,12,14H,7-11,17H2,1-2H3. The van der Waals surface area contributed by atoms with Crippen LogP contribution >= 0.6 is 0 Å². The van der Waals surface area contributed by atoms with E-state index in [1.165, 1.54) is 0 Å². The van der Waals surface area contributed by atoms with Gasteiger partial charge >= 0.3 is 0 Å². The lowest BCUT2D eigenvalue weighted by Gasteiger charge is -2.32. The van der Waals surface area contributed by atoms with Crippen LogP contribution in [0.25, 0.3) is 0 Å². The highest BCUT2D eigenvalue weighted by Crippen LogP contribution is 2.24. The molecule has 4 nitrogen and oxygen atoms in total. The van der Waals surface area contributed by atoms with E-state index in [1.54, 1.807) is 0 Å². The Bertz CT molecular complexity index is 436. The zero-order valence-electron chi connectivity index (χ0n) is 12.3. The fraction of sp³-hybridized carbons (Fsp3) is 0.562. The van der Waals surface area contributed by atoms with Crippen LogP contribution in [0, 0.1) is 5.92 Å². The molecule has 1 aromatic rings. The van der Waals surface area contributed by atoms with Crippen LogP contribution in [0.4, 0.5) is 5.69 Å². The van der Waals surface area contributed by atoms with Gasteiger partial charge in [-0.3, -0.25) is 4.79 Å². The van der Waals surface area contributed by atoms with E-state index in [0.29, 0.717) is 19.8 Å². The van der Waals surface area contributed by atoms with Crippen LogP contribution in [0.3, 0.4) is 0 Å². The zero-order chi connectivity index (χ0) is 14.5. The van der Waals surface area contributed by atoms with E-state index in [0.717, 1.165) is 24.1 Å². The molecular formula is C16H24N2O2. The first-order valence-electron chi connectivity index (χ1n) is 7.33. The van der Waals surface area contributed by atoms with Gasteiger partial charge in [-0.2, -0.15) is 0 Å². The molecule has 0 spiro atoms. The molecule has 0 saturated carbocycles. The highest BCUT2D eigenvalue weighted by molar-refractivity contribution is 5.95. The van der Waals surface area contributed by atoms with Crippen molar-refractivity contribution < 1.29 is 9.53 Å². The number of nitrogens with zero attached hydrogens (tertiary/aromatic N) is 1. The molecule has 2 N–H and O–H groups in total. The second kappa shape index (κ2) is 6.86. The van der Waals surface area contributed by atoms with Crippen molar-refractivity contribution in [3.63, 3.8) is 0 Å². The maximum absolute atomic E-state index is 12.7. The van der Waals surface area contributed by atoms with Gasteiger partial charge in [0.15, 0.2) is 0 Å². The number of hydrogen-bond acceptors (Lipinski definition) is 3. The van der Waals surface area contributed by atoms with Gasteiger partial charge in [0, 0.05) is 37.4 Å². The largest absolute Gasteiger partial charge is 0.381 e. The van der Waals surface area contributed by atoms with Crippen molar-refractivity contribution in [3.8, 4) is 0 Å². The Labute approximate surface area is 120 Å². The highest BCUT2D eigenvalue weighted by Gasteiger charge is 2.28. The number of hydrogen-bond donors (Lipinski definition) is 1. The quantitative estimate of drug-likeness (QED) is 0.918. The highest BCUT2D eigenvalue weighted by atomic mass is 16.5. The lowest BCUT2D eigenvalue weighted by molar-refractivity contribution is -0.125. The predicted octanol–water partition coefficient (Wildman–Crippen LogP) is 2.31. The van der Waals surface area contributed by atoms with Crippen LogP contribution in [0.1, 0.15) is 32.3 Å². The first kappa shape index (κ1) is 15.0. The van der Waals surface area contributed by atoms with E-state index in [-0.39, 0.29) is 17.9 Å². The van der Waals surface area contributed by atoms with Gasteiger partial charge in [-0.1, -0.05) is 12.1 Å². The van der Waals surface area contributed by atoms with Gasteiger partial charge in [0.1, 0.15) is 0 Å². The van der Waals surface area contributed by atoms with Crippen LogP contribution in [-0.2, 0) is 16.1 Å². The molecule has 110 valence electrons. The number of anilines is 1. The Morgan fingerprint density at radius 2 is 1.90 bits per heavy atom. The molecule has 1 aliphatic heterocycles.